The number of hydrogen-bond acceptors (Lipinski definition) is 6. The second-order valence-electron chi connectivity index (χ2n) is 3.77. The molecule has 2 rings (SSSR count). The van der Waals surface area contributed by atoms with Crippen molar-refractivity contribution >= 4 is 23.4 Å². The second kappa shape index (κ2) is 4.70. The summed E-state index contributed by atoms with van der Waals surface area (Å²) in [5.74, 6) is 0.314. The molecule has 0 aromatic carbocycles. The summed E-state index contributed by atoms with van der Waals surface area (Å²) in [7, 11) is 3.68. The Bertz CT molecular complexity index is 563. The topological polar surface area (TPSA) is 113 Å². The van der Waals surface area contributed by atoms with E-state index >= 15 is 0 Å². The van der Waals surface area contributed by atoms with Gasteiger partial charge in [0.15, 0.2) is 5.82 Å². The van der Waals surface area contributed by atoms with Gasteiger partial charge in [0.1, 0.15) is 0 Å². The highest BCUT2D eigenvalue weighted by atomic mass is 16.2. The number of hydrogen-bond donors (Lipinski definition) is 3. The molecule has 0 radical (unpaired) electrons. The van der Waals surface area contributed by atoms with Crippen LogP contribution in [-0.4, -0.2) is 40.2 Å². The average molecular weight is 247 g/mol. The molecular weight excluding hydrogens is 234 g/mol. The van der Waals surface area contributed by atoms with Crippen molar-refractivity contribution in [2.45, 2.75) is 0 Å². The Hall–Kier alpha value is -2.64. The molecule has 0 aliphatic heterocycles. The van der Waals surface area contributed by atoms with Gasteiger partial charge >= 0.3 is 0 Å². The van der Waals surface area contributed by atoms with E-state index in [2.05, 4.69) is 25.5 Å². The third kappa shape index (κ3) is 2.37. The summed E-state index contributed by atoms with van der Waals surface area (Å²) in [5, 5.41) is 8.72. The molecule has 2 aromatic heterocycles. The largest absolute Gasteiger partial charge is 0.366 e. The fourth-order valence-electron chi connectivity index (χ4n) is 1.41. The Morgan fingerprint density at radius 2 is 2.28 bits per heavy atom. The average Bonchev–Trinajstić information content (AvgIpc) is 2.76. The van der Waals surface area contributed by atoms with E-state index in [0.717, 1.165) is 0 Å². The fraction of sp³-hybridized carbons (Fsp3) is 0.200. The van der Waals surface area contributed by atoms with Crippen molar-refractivity contribution in [3.05, 3.63) is 24.2 Å². The highest BCUT2D eigenvalue weighted by Crippen LogP contribution is 2.20. The molecule has 8 heteroatoms. The predicted octanol–water partition coefficient (Wildman–Crippen LogP) is 0.100. The van der Waals surface area contributed by atoms with Crippen LogP contribution in [-0.2, 0) is 0 Å². The van der Waals surface area contributed by atoms with E-state index in [-0.39, 0.29) is 11.8 Å². The van der Waals surface area contributed by atoms with E-state index < -0.39 is 5.91 Å². The van der Waals surface area contributed by atoms with Crippen LogP contribution in [0.3, 0.4) is 0 Å². The summed E-state index contributed by atoms with van der Waals surface area (Å²) < 4.78 is 0. The van der Waals surface area contributed by atoms with E-state index in [4.69, 9.17) is 5.73 Å². The van der Waals surface area contributed by atoms with Crippen LogP contribution >= 0.6 is 0 Å². The molecule has 0 aliphatic rings. The van der Waals surface area contributed by atoms with Gasteiger partial charge in [-0.05, 0) is 12.1 Å². The Morgan fingerprint density at radius 3 is 2.89 bits per heavy atom. The first-order valence-corrected chi connectivity index (χ1v) is 5.19. The normalized spacial score (nSPS) is 10.1. The van der Waals surface area contributed by atoms with Gasteiger partial charge in [-0.3, -0.25) is 9.89 Å². The first kappa shape index (κ1) is 11.8. The lowest BCUT2D eigenvalue weighted by molar-refractivity contribution is 0.101. The SMILES string of the molecule is CN(C)c1ncccc1NC(=O)c1nc(N)n[nH]1. The maximum absolute atomic E-state index is 11.9. The second-order valence-corrected chi connectivity index (χ2v) is 3.77. The summed E-state index contributed by atoms with van der Waals surface area (Å²) in [6, 6.07) is 3.48. The van der Waals surface area contributed by atoms with Crippen molar-refractivity contribution in [2.75, 3.05) is 30.0 Å². The van der Waals surface area contributed by atoms with Crippen LogP contribution in [0.1, 0.15) is 10.6 Å². The number of aromatic nitrogens is 4. The molecule has 0 aliphatic carbocycles. The van der Waals surface area contributed by atoms with Crippen molar-refractivity contribution in [2.24, 2.45) is 0 Å². The van der Waals surface area contributed by atoms with Crippen LogP contribution in [0, 0.1) is 0 Å². The number of anilines is 3. The van der Waals surface area contributed by atoms with E-state index in [0.29, 0.717) is 11.5 Å². The number of nitrogens with zero attached hydrogens (tertiary/aromatic N) is 4. The van der Waals surface area contributed by atoms with E-state index in [1.165, 1.54) is 0 Å². The summed E-state index contributed by atoms with van der Waals surface area (Å²) >= 11 is 0. The van der Waals surface area contributed by atoms with Crippen LogP contribution in [0.5, 0.6) is 0 Å². The Morgan fingerprint density at radius 1 is 1.50 bits per heavy atom. The quantitative estimate of drug-likeness (QED) is 0.709. The minimum absolute atomic E-state index is 0.0270. The van der Waals surface area contributed by atoms with Crippen molar-refractivity contribution in [3.63, 3.8) is 0 Å². The molecular formula is C10H13N7O. The van der Waals surface area contributed by atoms with Gasteiger partial charge in [0.2, 0.25) is 11.8 Å². The number of aromatic amines is 1. The number of carbonyl (C=O) groups excluding carboxylic acids is 1. The van der Waals surface area contributed by atoms with Gasteiger partial charge in [-0.2, -0.15) is 4.98 Å². The highest BCUT2D eigenvalue weighted by molar-refractivity contribution is 6.03. The number of nitrogens with one attached hydrogen (secondary N) is 2. The van der Waals surface area contributed by atoms with Crippen molar-refractivity contribution in [3.8, 4) is 0 Å². The predicted molar refractivity (Wildman–Crippen MR) is 67.3 cm³/mol. The zero-order valence-electron chi connectivity index (χ0n) is 10.0. The minimum atomic E-state index is -0.421. The Labute approximate surface area is 103 Å². The lowest BCUT2D eigenvalue weighted by atomic mass is 10.3. The molecule has 0 atom stereocenters. The highest BCUT2D eigenvalue weighted by Gasteiger charge is 2.14. The first-order valence-electron chi connectivity index (χ1n) is 5.19. The van der Waals surface area contributed by atoms with Gasteiger partial charge in [0.05, 0.1) is 5.69 Å². The molecule has 2 aromatic rings. The number of nitrogen functional groups attached to an aromatic ring is 1. The van der Waals surface area contributed by atoms with Crippen LogP contribution in [0.4, 0.5) is 17.5 Å². The summed E-state index contributed by atoms with van der Waals surface area (Å²) in [6.45, 7) is 0. The number of rotatable bonds is 3. The van der Waals surface area contributed by atoms with Crippen molar-refractivity contribution in [1.29, 1.82) is 0 Å². The minimum Gasteiger partial charge on any atom is -0.366 e. The summed E-state index contributed by atoms with van der Waals surface area (Å²) in [6.07, 6.45) is 1.65. The molecule has 0 saturated carbocycles. The van der Waals surface area contributed by atoms with Gasteiger partial charge in [-0.15, -0.1) is 5.10 Å². The third-order valence-corrected chi connectivity index (χ3v) is 2.18. The van der Waals surface area contributed by atoms with Crippen LogP contribution in [0.25, 0.3) is 0 Å². The summed E-state index contributed by atoms with van der Waals surface area (Å²) in [4.78, 5) is 21.6. The monoisotopic (exact) mass is 247 g/mol. The molecule has 4 N–H and O–H groups in total. The molecule has 94 valence electrons. The molecule has 0 saturated heterocycles. The molecule has 0 spiro atoms. The molecule has 0 bridgehead atoms. The smallest absolute Gasteiger partial charge is 0.293 e. The van der Waals surface area contributed by atoms with Crippen molar-refractivity contribution in [1.82, 2.24) is 20.2 Å². The number of carbonyl (C=O) groups is 1. The molecule has 2 heterocycles. The Balaban J connectivity index is 2.22. The maximum atomic E-state index is 11.9. The van der Waals surface area contributed by atoms with E-state index in [1.807, 2.05) is 14.1 Å². The van der Waals surface area contributed by atoms with Gasteiger partial charge in [-0.25, -0.2) is 4.98 Å². The summed E-state index contributed by atoms with van der Waals surface area (Å²) in [5.41, 5.74) is 5.92. The third-order valence-electron chi connectivity index (χ3n) is 2.18. The number of pyridine rings is 1. The van der Waals surface area contributed by atoms with Gasteiger partial charge in [-0.1, -0.05) is 0 Å². The molecule has 1 amide bonds. The fourth-order valence-corrected chi connectivity index (χ4v) is 1.41. The molecule has 18 heavy (non-hydrogen) atoms. The molecule has 0 unspecified atom stereocenters. The van der Waals surface area contributed by atoms with E-state index in [1.54, 1.807) is 23.2 Å². The number of amides is 1. The number of nitrogens with two attached hydrogens (primary N) is 1. The zero-order valence-corrected chi connectivity index (χ0v) is 10.0. The first-order chi connectivity index (χ1) is 8.58. The number of H-pyrrole nitrogens is 1. The molecule has 8 nitrogen and oxygen atoms in total. The van der Waals surface area contributed by atoms with Gasteiger partial charge in [0, 0.05) is 20.3 Å². The standard InChI is InChI=1S/C10H13N7O/c1-17(2)8-6(4-3-5-12-8)13-9(18)7-14-10(11)16-15-7/h3-5H,1-2H3,(H,13,18)(H3,11,14,15,16). The van der Waals surface area contributed by atoms with E-state index in [9.17, 15) is 4.79 Å². The van der Waals surface area contributed by atoms with Crippen LogP contribution in [0.15, 0.2) is 18.3 Å². The maximum Gasteiger partial charge on any atom is 0.293 e. The zero-order chi connectivity index (χ0) is 13.1. The lowest BCUT2D eigenvalue weighted by Gasteiger charge is -2.15. The van der Waals surface area contributed by atoms with Crippen LogP contribution < -0.4 is 16.0 Å². The van der Waals surface area contributed by atoms with Crippen molar-refractivity contribution < 1.29 is 4.79 Å². The lowest BCUT2D eigenvalue weighted by Crippen LogP contribution is -2.18. The Kier molecular flexibility index (Phi) is 3.09. The molecule has 0 fully saturated rings. The van der Waals surface area contributed by atoms with Gasteiger partial charge in [0.25, 0.3) is 5.91 Å². The van der Waals surface area contributed by atoms with Gasteiger partial charge < -0.3 is 16.0 Å². The van der Waals surface area contributed by atoms with Crippen LogP contribution in [0.2, 0.25) is 0 Å².